The van der Waals surface area contributed by atoms with Crippen molar-refractivity contribution >= 4 is 11.8 Å². The molecule has 2 aliphatic heterocycles. The monoisotopic (exact) mass is 488 g/mol. The molecule has 0 radical (unpaired) electrons. The Morgan fingerprint density at radius 2 is 1.86 bits per heavy atom. The first kappa shape index (κ1) is 24.4. The second kappa shape index (κ2) is 7.77. The molecule has 6 fully saturated rings. The fourth-order valence-corrected chi connectivity index (χ4v) is 10.2. The maximum Gasteiger partial charge on any atom is 0.302 e. The number of aliphatic hydroxyl groups is 1. The van der Waals surface area contributed by atoms with E-state index in [9.17, 15) is 14.7 Å². The minimum atomic E-state index is -1.03. The maximum atomic E-state index is 14.2. The fraction of sp³-hybridized carbons (Fsp3) is 0.931. The first-order valence-electron chi connectivity index (χ1n) is 14.2. The van der Waals surface area contributed by atoms with Crippen molar-refractivity contribution in [1.29, 1.82) is 0 Å². The average molecular weight is 489 g/mol. The van der Waals surface area contributed by atoms with Crippen LogP contribution in [0.3, 0.4) is 0 Å². The molecule has 12 atom stereocenters. The number of Topliss-reactive ketones (excluding diaryl/α,β-unsaturated/α-hetero) is 1. The number of hydrogen-bond acceptors (Lipinski definition) is 6. The molecule has 2 heterocycles. The molecule has 196 valence electrons. The van der Waals surface area contributed by atoms with Gasteiger partial charge in [0.25, 0.3) is 0 Å². The molecule has 6 rings (SSSR count). The molecule has 2 saturated heterocycles. The van der Waals surface area contributed by atoms with Crippen LogP contribution in [0.25, 0.3) is 0 Å². The van der Waals surface area contributed by atoms with Crippen LogP contribution in [0.5, 0.6) is 0 Å². The van der Waals surface area contributed by atoms with E-state index in [1.165, 1.54) is 6.92 Å². The van der Waals surface area contributed by atoms with E-state index < -0.39 is 16.8 Å². The van der Waals surface area contributed by atoms with Gasteiger partial charge in [0.15, 0.2) is 5.79 Å². The number of esters is 1. The highest BCUT2D eigenvalue weighted by Gasteiger charge is 2.77. The first-order valence-corrected chi connectivity index (χ1v) is 14.2. The molecule has 6 nitrogen and oxygen atoms in total. The summed E-state index contributed by atoms with van der Waals surface area (Å²) >= 11 is 0. The van der Waals surface area contributed by atoms with E-state index in [0.29, 0.717) is 31.3 Å². The molecular formula is C29H44O6. The Morgan fingerprint density at radius 3 is 2.54 bits per heavy atom. The Balaban J connectivity index is 1.29. The lowest BCUT2D eigenvalue weighted by atomic mass is 9.42. The summed E-state index contributed by atoms with van der Waals surface area (Å²) in [5, 5.41) is 12.6. The number of ketones is 1. The van der Waals surface area contributed by atoms with E-state index in [-0.39, 0.29) is 53.0 Å². The average Bonchev–Trinajstić information content (AvgIpc) is 3.19. The number of ether oxygens (including phenoxy) is 3. The van der Waals surface area contributed by atoms with E-state index in [0.717, 1.165) is 44.9 Å². The van der Waals surface area contributed by atoms with Crippen LogP contribution in [-0.2, 0) is 23.8 Å². The number of carbonyl (C=O) groups is 2. The van der Waals surface area contributed by atoms with Crippen LogP contribution >= 0.6 is 0 Å². The van der Waals surface area contributed by atoms with Crippen molar-refractivity contribution in [2.75, 3.05) is 6.61 Å². The molecule has 0 aromatic heterocycles. The molecule has 1 spiro atoms. The Kier molecular flexibility index (Phi) is 5.41. The predicted molar refractivity (Wildman–Crippen MR) is 129 cm³/mol. The number of carbonyl (C=O) groups excluding carboxylic acids is 2. The molecule has 0 bridgehead atoms. The van der Waals surface area contributed by atoms with Gasteiger partial charge in [-0.3, -0.25) is 9.59 Å². The van der Waals surface area contributed by atoms with E-state index in [4.69, 9.17) is 14.2 Å². The van der Waals surface area contributed by atoms with Gasteiger partial charge in [0.1, 0.15) is 11.9 Å². The van der Waals surface area contributed by atoms with Gasteiger partial charge in [-0.1, -0.05) is 20.8 Å². The summed E-state index contributed by atoms with van der Waals surface area (Å²) in [6.45, 7) is 11.0. The third-order valence-corrected chi connectivity index (χ3v) is 12.2. The second-order valence-corrected chi connectivity index (χ2v) is 13.7. The minimum Gasteiger partial charge on any atom is -0.463 e. The zero-order valence-electron chi connectivity index (χ0n) is 22.2. The molecule has 4 aliphatic carbocycles. The van der Waals surface area contributed by atoms with Gasteiger partial charge in [0.2, 0.25) is 0 Å². The fourth-order valence-electron chi connectivity index (χ4n) is 10.2. The lowest BCUT2D eigenvalue weighted by Crippen LogP contribution is -2.66. The van der Waals surface area contributed by atoms with Crippen molar-refractivity contribution in [3.05, 3.63) is 0 Å². The smallest absolute Gasteiger partial charge is 0.302 e. The second-order valence-electron chi connectivity index (χ2n) is 13.7. The summed E-state index contributed by atoms with van der Waals surface area (Å²) in [6, 6.07) is 0. The third-order valence-electron chi connectivity index (χ3n) is 12.2. The SMILES string of the molecule is CC(=O)OC1CCC2(C)C(CCC3C2CC(=O)C2(C)C4C(CC32O)OC2(CCC(C)CO2)C4C)C1. The van der Waals surface area contributed by atoms with Crippen molar-refractivity contribution in [3.63, 3.8) is 0 Å². The summed E-state index contributed by atoms with van der Waals surface area (Å²) in [6.07, 6.45) is 7.56. The van der Waals surface area contributed by atoms with Crippen LogP contribution < -0.4 is 0 Å². The molecule has 6 heteroatoms. The van der Waals surface area contributed by atoms with E-state index >= 15 is 0 Å². The van der Waals surface area contributed by atoms with Crippen LogP contribution in [0.4, 0.5) is 0 Å². The zero-order chi connectivity index (χ0) is 25.0. The van der Waals surface area contributed by atoms with Crippen LogP contribution in [0.1, 0.15) is 92.4 Å². The summed E-state index contributed by atoms with van der Waals surface area (Å²) in [5.74, 6) is 0.780. The normalized spacial score (nSPS) is 57.3. The topological polar surface area (TPSA) is 82.1 Å². The number of hydrogen-bond donors (Lipinski definition) is 1. The van der Waals surface area contributed by atoms with Crippen molar-refractivity contribution in [3.8, 4) is 0 Å². The minimum absolute atomic E-state index is 0.000299. The van der Waals surface area contributed by atoms with Crippen molar-refractivity contribution in [1.82, 2.24) is 0 Å². The Bertz CT molecular complexity index is 909. The lowest BCUT2D eigenvalue weighted by molar-refractivity contribution is -0.279. The predicted octanol–water partition coefficient (Wildman–Crippen LogP) is 4.66. The Labute approximate surface area is 209 Å². The summed E-state index contributed by atoms with van der Waals surface area (Å²) < 4.78 is 18.7. The van der Waals surface area contributed by atoms with Crippen molar-refractivity contribution in [2.45, 2.75) is 116 Å². The van der Waals surface area contributed by atoms with Gasteiger partial charge in [0, 0.05) is 38.0 Å². The van der Waals surface area contributed by atoms with Crippen LogP contribution in [-0.4, -0.2) is 47.1 Å². The summed E-state index contributed by atoms with van der Waals surface area (Å²) in [4.78, 5) is 25.7. The van der Waals surface area contributed by atoms with Gasteiger partial charge in [-0.05, 0) is 74.5 Å². The van der Waals surface area contributed by atoms with Crippen molar-refractivity contribution < 1.29 is 28.9 Å². The number of rotatable bonds is 1. The van der Waals surface area contributed by atoms with E-state index in [1.807, 2.05) is 0 Å². The highest BCUT2D eigenvalue weighted by atomic mass is 16.7. The lowest BCUT2D eigenvalue weighted by Gasteiger charge is -2.63. The molecule has 1 N–H and O–H groups in total. The zero-order valence-corrected chi connectivity index (χ0v) is 22.2. The molecule has 35 heavy (non-hydrogen) atoms. The van der Waals surface area contributed by atoms with Crippen molar-refractivity contribution in [2.24, 2.45) is 46.3 Å². The molecular weight excluding hydrogens is 444 g/mol. The van der Waals surface area contributed by atoms with Crippen LogP contribution in [0.2, 0.25) is 0 Å². The molecule has 0 amide bonds. The van der Waals surface area contributed by atoms with Gasteiger partial charge < -0.3 is 19.3 Å². The van der Waals surface area contributed by atoms with E-state index in [1.54, 1.807) is 0 Å². The van der Waals surface area contributed by atoms with Gasteiger partial charge >= 0.3 is 5.97 Å². The molecule has 4 saturated carbocycles. The highest BCUT2D eigenvalue weighted by Crippen LogP contribution is 2.71. The third kappa shape index (κ3) is 3.11. The number of fused-ring (bicyclic) bond motifs is 7. The molecule has 0 aromatic rings. The quantitative estimate of drug-likeness (QED) is 0.541. The molecule has 12 unspecified atom stereocenters. The van der Waals surface area contributed by atoms with Crippen LogP contribution in [0.15, 0.2) is 0 Å². The maximum absolute atomic E-state index is 14.2. The van der Waals surface area contributed by atoms with Gasteiger partial charge in [-0.2, -0.15) is 0 Å². The first-order chi connectivity index (χ1) is 16.4. The Morgan fingerprint density at radius 1 is 1.09 bits per heavy atom. The van der Waals surface area contributed by atoms with Crippen LogP contribution in [0, 0.1) is 46.3 Å². The molecule has 0 aromatic carbocycles. The molecule has 6 aliphatic rings. The summed E-state index contributed by atoms with van der Waals surface area (Å²) in [7, 11) is 0. The Hall–Kier alpha value is -0.980. The highest BCUT2D eigenvalue weighted by molar-refractivity contribution is 5.88. The van der Waals surface area contributed by atoms with Gasteiger partial charge in [0.05, 0.1) is 23.7 Å². The van der Waals surface area contributed by atoms with Gasteiger partial charge in [-0.15, -0.1) is 0 Å². The summed E-state index contributed by atoms with van der Waals surface area (Å²) in [5.41, 5.74) is -1.81. The van der Waals surface area contributed by atoms with Gasteiger partial charge in [-0.25, -0.2) is 0 Å². The van der Waals surface area contributed by atoms with E-state index in [2.05, 4.69) is 27.7 Å². The largest absolute Gasteiger partial charge is 0.463 e. The standard InChI is InChI=1S/C29H44O6/c1-16-8-11-29(33-15-16)17(2)25-23(35-29)14-28(32)21-7-6-19-12-20(34-18(3)30)9-10-26(19,4)22(21)13-24(31)27(25,28)5/h16-17,19-23,25,32H,6-15H2,1-5H3.